The Hall–Kier alpha value is -3.15. The fourth-order valence-electron chi connectivity index (χ4n) is 3.64. The number of aromatic nitrogens is 2. The van der Waals surface area contributed by atoms with Crippen molar-refractivity contribution in [3.8, 4) is 11.3 Å². The Labute approximate surface area is 158 Å². The zero-order valence-electron chi connectivity index (χ0n) is 15.5. The summed E-state index contributed by atoms with van der Waals surface area (Å²) in [6, 6.07) is 15.0. The van der Waals surface area contributed by atoms with Crippen molar-refractivity contribution in [3.63, 3.8) is 0 Å². The van der Waals surface area contributed by atoms with Gasteiger partial charge in [0.2, 0.25) is 5.91 Å². The van der Waals surface area contributed by atoms with E-state index < -0.39 is 6.04 Å². The summed E-state index contributed by atoms with van der Waals surface area (Å²) in [6.45, 7) is 5.59. The molecule has 27 heavy (non-hydrogen) atoms. The van der Waals surface area contributed by atoms with Crippen LogP contribution in [-0.2, 0) is 4.79 Å². The SMILES string of the molecule is CCN1CCN(C(=O)c2ccc(-c3cccc4ccnn34)cc2)[C@H](C)C1=O. The molecule has 1 aromatic carbocycles. The van der Waals surface area contributed by atoms with Crippen molar-refractivity contribution < 1.29 is 9.59 Å². The maximum Gasteiger partial charge on any atom is 0.254 e. The molecule has 1 saturated heterocycles. The summed E-state index contributed by atoms with van der Waals surface area (Å²) in [5.74, 6) is -0.0884. The predicted octanol–water partition coefficient (Wildman–Crippen LogP) is 2.69. The number of rotatable bonds is 3. The minimum absolute atomic E-state index is 0.0130. The molecule has 1 aliphatic heterocycles. The van der Waals surface area contributed by atoms with Crippen molar-refractivity contribution in [2.45, 2.75) is 19.9 Å². The van der Waals surface area contributed by atoms with Gasteiger partial charge in [0, 0.05) is 30.8 Å². The Morgan fingerprint density at radius 3 is 2.63 bits per heavy atom. The van der Waals surface area contributed by atoms with Gasteiger partial charge in [0.25, 0.3) is 5.91 Å². The highest BCUT2D eigenvalue weighted by atomic mass is 16.2. The fraction of sp³-hybridized carbons (Fsp3) is 0.286. The Morgan fingerprint density at radius 1 is 1.11 bits per heavy atom. The highest BCUT2D eigenvalue weighted by molar-refractivity contribution is 5.98. The van der Waals surface area contributed by atoms with Crippen LogP contribution in [0.3, 0.4) is 0 Å². The summed E-state index contributed by atoms with van der Waals surface area (Å²) in [6.07, 6.45) is 1.77. The van der Waals surface area contributed by atoms with Crippen molar-refractivity contribution in [2.24, 2.45) is 0 Å². The number of carbonyl (C=O) groups excluding carboxylic acids is 2. The number of amides is 2. The lowest BCUT2D eigenvalue weighted by Gasteiger charge is -2.38. The Bertz CT molecular complexity index is 993. The fourth-order valence-corrected chi connectivity index (χ4v) is 3.64. The number of likely N-dealkylation sites (N-methyl/N-ethyl adjacent to an activating group) is 1. The van der Waals surface area contributed by atoms with E-state index >= 15 is 0 Å². The van der Waals surface area contributed by atoms with Crippen LogP contribution in [0, 0.1) is 0 Å². The standard InChI is InChI=1S/C21H22N4O2/c1-3-23-13-14-24(15(2)20(23)26)21(27)17-9-7-16(8-10-17)19-6-4-5-18-11-12-22-25(18)19/h4-12,15H,3,13-14H2,1-2H3/t15-/m1/s1. The second kappa shape index (κ2) is 6.87. The highest BCUT2D eigenvalue weighted by Gasteiger charge is 2.33. The third-order valence-electron chi connectivity index (χ3n) is 5.24. The monoisotopic (exact) mass is 362 g/mol. The first-order valence-electron chi connectivity index (χ1n) is 9.23. The van der Waals surface area contributed by atoms with Gasteiger partial charge in [-0.1, -0.05) is 18.2 Å². The third kappa shape index (κ3) is 2.97. The number of benzene rings is 1. The molecule has 0 N–H and O–H groups in total. The maximum atomic E-state index is 12.9. The Morgan fingerprint density at radius 2 is 1.89 bits per heavy atom. The van der Waals surface area contributed by atoms with Gasteiger partial charge in [0.15, 0.2) is 0 Å². The van der Waals surface area contributed by atoms with Crippen LogP contribution in [0.4, 0.5) is 0 Å². The van der Waals surface area contributed by atoms with E-state index in [1.165, 1.54) is 0 Å². The molecule has 6 nitrogen and oxygen atoms in total. The molecule has 0 unspecified atom stereocenters. The normalized spacial score (nSPS) is 17.6. The molecule has 0 aliphatic carbocycles. The average Bonchev–Trinajstić information content (AvgIpc) is 3.18. The molecule has 2 amide bonds. The zero-order chi connectivity index (χ0) is 19.0. The second-order valence-corrected chi connectivity index (χ2v) is 6.75. The van der Waals surface area contributed by atoms with E-state index in [1.54, 1.807) is 22.9 Å². The largest absolute Gasteiger partial charge is 0.339 e. The van der Waals surface area contributed by atoms with Crippen LogP contribution in [0.15, 0.2) is 54.7 Å². The molecule has 0 saturated carbocycles. The van der Waals surface area contributed by atoms with Crippen LogP contribution in [-0.4, -0.2) is 56.9 Å². The van der Waals surface area contributed by atoms with E-state index in [0.29, 0.717) is 25.2 Å². The minimum Gasteiger partial charge on any atom is -0.339 e. The molecule has 4 rings (SSSR count). The summed E-state index contributed by atoms with van der Waals surface area (Å²) in [5.41, 5.74) is 3.57. The van der Waals surface area contributed by atoms with Crippen LogP contribution in [0.2, 0.25) is 0 Å². The number of nitrogens with zero attached hydrogens (tertiary/aromatic N) is 4. The lowest BCUT2D eigenvalue weighted by atomic mass is 10.1. The second-order valence-electron chi connectivity index (χ2n) is 6.75. The van der Waals surface area contributed by atoms with Gasteiger partial charge in [-0.25, -0.2) is 4.52 Å². The summed E-state index contributed by atoms with van der Waals surface area (Å²) in [7, 11) is 0. The van der Waals surface area contributed by atoms with Gasteiger partial charge in [0.1, 0.15) is 6.04 Å². The first-order valence-corrected chi connectivity index (χ1v) is 9.23. The molecule has 0 spiro atoms. The number of pyridine rings is 1. The molecule has 3 heterocycles. The molecule has 1 aliphatic rings. The van der Waals surface area contributed by atoms with Crippen LogP contribution in [0.25, 0.3) is 16.8 Å². The molecular weight excluding hydrogens is 340 g/mol. The summed E-state index contributed by atoms with van der Waals surface area (Å²) in [4.78, 5) is 28.7. The van der Waals surface area contributed by atoms with E-state index in [4.69, 9.17) is 0 Å². The van der Waals surface area contributed by atoms with Crippen molar-refractivity contribution in [2.75, 3.05) is 19.6 Å². The predicted molar refractivity (Wildman–Crippen MR) is 103 cm³/mol. The summed E-state index contributed by atoms with van der Waals surface area (Å²) >= 11 is 0. The van der Waals surface area contributed by atoms with E-state index in [0.717, 1.165) is 16.8 Å². The molecular formula is C21H22N4O2. The summed E-state index contributed by atoms with van der Waals surface area (Å²) in [5, 5.41) is 4.36. The number of fused-ring (bicyclic) bond motifs is 1. The van der Waals surface area contributed by atoms with Crippen LogP contribution in [0.5, 0.6) is 0 Å². The Balaban J connectivity index is 1.58. The topological polar surface area (TPSA) is 57.9 Å². The van der Waals surface area contributed by atoms with Gasteiger partial charge >= 0.3 is 0 Å². The minimum atomic E-state index is -0.427. The molecule has 1 atom stereocenters. The van der Waals surface area contributed by atoms with Crippen LogP contribution >= 0.6 is 0 Å². The maximum absolute atomic E-state index is 12.9. The van der Waals surface area contributed by atoms with Crippen molar-refractivity contribution in [3.05, 3.63) is 60.3 Å². The van der Waals surface area contributed by atoms with Gasteiger partial charge in [-0.3, -0.25) is 9.59 Å². The highest BCUT2D eigenvalue weighted by Crippen LogP contribution is 2.22. The molecule has 138 valence electrons. The van der Waals surface area contributed by atoms with Crippen molar-refractivity contribution in [1.29, 1.82) is 0 Å². The molecule has 2 aromatic heterocycles. The third-order valence-corrected chi connectivity index (χ3v) is 5.24. The Kier molecular flexibility index (Phi) is 4.39. The quantitative estimate of drug-likeness (QED) is 0.720. The van der Waals surface area contributed by atoms with Gasteiger partial charge < -0.3 is 9.80 Å². The van der Waals surface area contributed by atoms with E-state index in [9.17, 15) is 9.59 Å². The average molecular weight is 362 g/mol. The van der Waals surface area contributed by atoms with Gasteiger partial charge in [-0.05, 0) is 44.2 Å². The summed E-state index contributed by atoms with van der Waals surface area (Å²) < 4.78 is 1.88. The van der Waals surface area contributed by atoms with Gasteiger partial charge in [-0.2, -0.15) is 5.10 Å². The van der Waals surface area contributed by atoms with Crippen molar-refractivity contribution in [1.82, 2.24) is 19.4 Å². The molecule has 6 heteroatoms. The van der Waals surface area contributed by atoms with Crippen LogP contribution < -0.4 is 0 Å². The first-order chi connectivity index (χ1) is 13.1. The number of hydrogen-bond donors (Lipinski definition) is 0. The number of piperazine rings is 1. The lowest BCUT2D eigenvalue weighted by molar-refractivity contribution is -0.139. The van der Waals surface area contributed by atoms with Crippen molar-refractivity contribution >= 4 is 17.3 Å². The number of carbonyl (C=O) groups is 2. The van der Waals surface area contributed by atoms with E-state index in [2.05, 4.69) is 5.10 Å². The number of hydrogen-bond acceptors (Lipinski definition) is 3. The van der Waals surface area contributed by atoms with Gasteiger partial charge in [-0.15, -0.1) is 0 Å². The van der Waals surface area contributed by atoms with Gasteiger partial charge in [0.05, 0.1) is 17.4 Å². The molecule has 3 aromatic rings. The zero-order valence-corrected chi connectivity index (χ0v) is 15.5. The molecule has 0 radical (unpaired) electrons. The first kappa shape index (κ1) is 17.3. The van der Waals surface area contributed by atoms with E-state index in [1.807, 2.05) is 60.0 Å². The smallest absolute Gasteiger partial charge is 0.254 e. The van der Waals surface area contributed by atoms with E-state index in [-0.39, 0.29) is 11.8 Å². The molecule has 1 fully saturated rings. The molecule has 0 bridgehead atoms. The lowest BCUT2D eigenvalue weighted by Crippen LogP contribution is -2.57. The van der Waals surface area contributed by atoms with Crippen LogP contribution in [0.1, 0.15) is 24.2 Å².